The number of rotatable bonds is 5. The second-order valence-electron chi connectivity index (χ2n) is 6.89. The van der Waals surface area contributed by atoms with Crippen LogP contribution in [0.1, 0.15) is 21.9 Å². The van der Waals surface area contributed by atoms with E-state index in [1.807, 2.05) is 13.8 Å². The summed E-state index contributed by atoms with van der Waals surface area (Å²) < 4.78 is 42.0. The zero-order valence-electron chi connectivity index (χ0n) is 16.4. The number of H-pyrrole nitrogens is 1. The second-order valence-corrected chi connectivity index (χ2v) is 6.89. The normalized spacial score (nSPS) is 16.3. The minimum absolute atomic E-state index is 0. The Balaban J connectivity index is 0.00000300. The van der Waals surface area contributed by atoms with Gasteiger partial charge in [0.15, 0.2) is 0 Å². The third kappa shape index (κ3) is 5.09. The number of aromatic nitrogens is 4. The van der Waals surface area contributed by atoms with Crippen molar-refractivity contribution in [3.05, 3.63) is 23.1 Å². The van der Waals surface area contributed by atoms with E-state index in [1.165, 1.54) is 11.0 Å². The molecule has 1 unspecified atom stereocenters. The van der Waals surface area contributed by atoms with Gasteiger partial charge in [-0.05, 0) is 19.9 Å². The zero-order chi connectivity index (χ0) is 20.5. The largest absolute Gasteiger partial charge is 0.405 e. The maximum atomic E-state index is 13.4. The Hall–Kier alpha value is -2.11. The molecule has 3 rings (SSSR count). The maximum Gasteiger partial charge on any atom is 0.405 e. The van der Waals surface area contributed by atoms with Gasteiger partial charge in [0, 0.05) is 51.0 Å². The van der Waals surface area contributed by atoms with E-state index in [2.05, 4.69) is 25.9 Å². The molecule has 29 heavy (non-hydrogen) atoms. The lowest BCUT2D eigenvalue weighted by Crippen LogP contribution is -2.57. The minimum atomic E-state index is -4.42. The molecule has 1 aliphatic heterocycles. The molecule has 0 radical (unpaired) electrons. The van der Waals surface area contributed by atoms with Crippen molar-refractivity contribution in [1.29, 1.82) is 0 Å². The number of amides is 1. The first kappa shape index (κ1) is 23.2. The fourth-order valence-electron chi connectivity index (χ4n) is 3.44. The van der Waals surface area contributed by atoms with Gasteiger partial charge >= 0.3 is 6.18 Å². The molecule has 0 aromatic carbocycles. The second kappa shape index (κ2) is 9.14. The van der Waals surface area contributed by atoms with Crippen molar-refractivity contribution in [2.24, 2.45) is 7.05 Å². The summed E-state index contributed by atoms with van der Waals surface area (Å²) in [5, 5.41) is 16.5. The lowest BCUT2D eigenvalue weighted by Gasteiger charge is -2.35. The summed E-state index contributed by atoms with van der Waals surface area (Å²) in [5.74, 6) is -0.623. The highest BCUT2D eigenvalue weighted by Crippen LogP contribution is 2.26. The molecule has 3 heterocycles. The molecular formula is C17H25ClF3N7O. The first-order valence-electron chi connectivity index (χ1n) is 9.04. The molecule has 1 fully saturated rings. The number of carbonyl (C=O) groups excluding carboxylic acids is 1. The van der Waals surface area contributed by atoms with Crippen LogP contribution in [0.4, 0.5) is 13.2 Å². The standard InChI is InChI=1S/C17H24F3N7O.ClH/c1-10-15(11(2)26(3)25-10)12-8-13(24-23-12)16(28)22-9-14(17(18,19)20)27-6-4-21-5-7-27;/h8,14,21H,4-7,9H2,1-3H3,(H,22,28)(H,23,24);1H. The molecule has 0 bridgehead atoms. The van der Waals surface area contributed by atoms with E-state index in [0.717, 1.165) is 17.0 Å². The van der Waals surface area contributed by atoms with Gasteiger partial charge < -0.3 is 10.6 Å². The maximum absolute atomic E-state index is 13.4. The van der Waals surface area contributed by atoms with Crippen LogP contribution in [0, 0.1) is 13.8 Å². The highest BCUT2D eigenvalue weighted by Gasteiger charge is 2.43. The van der Waals surface area contributed by atoms with Gasteiger partial charge in [0.1, 0.15) is 11.7 Å². The van der Waals surface area contributed by atoms with Gasteiger partial charge in [-0.2, -0.15) is 23.4 Å². The lowest BCUT2D eigenvalue weighted by atomic mass is 10.1. The highest BCUT2D eigenvalue weighted by atomic mass is 35.5. The Morgan fingerprint density at radius 3 is 2.52 bits per heavy atom. The molecule has 1 aliphatic rings. The summed E-state index contributed by atoms with van der Waals surface area (Å²) in [4.78, 5) is 13.7. The quantitative estimate of drug-likeness (QED) is 0.660. The zero-order valence-corrected chi connectivity index (χ0v) is 17.2. The number of aryl methyl sites for hydroxylation is 2. The molecule has 12 heteroatoms. The van der Waals surface area contributed by atoms with E-state index in [-0.39, 0.29) is 31.2 Å². The molecular weight excluding hydrogens is 411 g/mol. The van der Waals surface area contributed by atoms with Gasteiger partial charge in [-0.15, -0.1) is 12.4 Å². The van der Waals surface area contributed by atoms with E-state index in [9.17, 15) is 18.0 Å². The molecule has 3 N–H and O–H groups in total. The predicted molar refractivity (Wildman–Crippen MR) is 104 cm³/mol. The van der Waals surface area contributed by atoms with Crippen LogP contribution in [-0.2, 0) is 7.05 Å². The van der Waals surface area contributed by atoms with Crippen LogP contribution in [0.25, 0.3) is 11.3 Å². The SMILES string of the molecule is Cc1nn(C)c(C)c1-c1cc(C(=O)NCC(N2CCNCC2)C(F)(F)F)[nH]n1.Cl. The van der Waals surface area contributed by atoms with E-state index >= 15 is 0 Å². The Labute approximate surface area is 172 Å². The molecule has 2 aromatic rings. The predicted octanol–water partition coefficient (Wildman–Crippen LogP) is 1.41. The highest BCUT2D eigenvalue weighted by molar-refractivity contribution is 5.93. The van der Waals surface area contributed by atoms with E-state index < -0.39 is 24.7 Å². The summed E-state index contributed by atoms with van der Waals surface area (Å²) in [7, 11) is 1.81. The fourth-order valence-corrected chi connectivity index (χ4v) is 3.44. The third-order valence-electron chi connectivity index (χ3n) is 5.01. The lowest BCUT2D eigenvalue weighted by molar-refractivity contribution is -0.183. The van der Waals surface area contributed by atoms with Crippen LogP contribution in [0.3, 0.4) is 0 Å². The molecule has 162 valence electrons. The fraction of sp³-hybridized carbons (Fsp3) is 0.588. The van der Waals surface area contributed by atoms with Crippen molar-refractivity contribution < 1.29 is 18.0 Å². The molecule has 8 nitrogen and oxygen atoms in total. The van der Waals surface area contributed by atoms with Crippen molar-refractivity contribution in [2.45, 2.75) is 26.1 Å². The molecule has 1 atom stereocenters. The van der Waals surface area contributed by atoms with Crippen molar-refractivity contribution in [3.8, 4) is 11.3 Å². The van der Waals surface area contributed by atoms with Gasteiger partial charge in [-0.1, -0.05) is 0 Å². The first-order chi connectivity index (χ1) is 13.2. The van der Waals surface area contributed by atoms with Gasteiger partial charge in [-0.3, -0.25) is 19.5 Å². The van der Waals surface area contributed by atoms with Crippen LogP contribution in [0.5, 0.6) is 0 Å². The van der Waals surface area contributed by atoms with E-state index in [4.69, 9.17) is 0 Å². The summed E-state index contributed by atoms with van der Waals surface area (Å²) in [6, 6.07) is -0.191. The average Bonchev–Trinajstić information content (AvgIpc) is 3.20. The summed E-state index contributed by atoms with van der Waals surface area (Å²) in [6.45, 7) is 4.76. The topological polar surface area (TPSA) is 90.9 Å². The number of hydrogen-bond donors (Lipinski definition) is 3. The molecule has 0 aliphatic carbocycles. The van der Waals surface area contributed by atoms with E-state index in [1.54, 1.807) is 11.7 Å². The van der Waals surface area contributed by atoms with Crippen molar-refractivity contribution in [3.63, 3.8) is 0 Å². The smallest absolute Gasteiger partial charge is 0.349 e. The van der Waals surface area contributed by atoms with Crippen molar-refractivity contribution in [2.75, 3.05) is 32.7 Å². The Morgan fingerprint density at radius 1 is 1.31 bits per heavy atom. The van der Waals surface area contributed by atoms with Crippen molar-refractivity contribution in [1.82, 2.24) is 35.5 Å². The monoisotopic (exact) mass is 435 g/mol. The summed E-state index contributed by atoms with van der Waals surface area (Å²) in [6.07, 6.45) is -4.42. The summed E-state index contributed by atoms with van der Waals surface area (Å²) >= 11 is 0. The average molecular weight is 436 g/mol. The van der Waals surface area contributed by atoms with Gasteiger partial charge in [0.25, 0.3) is 5.91 Å². The number of nitrogens with zero attached hydrogens (tertiary/aromatic N) is 4. The number of halogens is 4. The van der Waals surface area contributed by atoms with Gasteiger partial charge in [0.2, 0.25) is 0 Å². The van der Waals surface area contributed by atoms with Crippen molar-refractivity contribution >= 4 is 18.3 Å². The molecule has 0 spiro atoms. The first-order valence-corrected chi connectivity index (χ1v) is 9.04. The number of aromatic amines is 1. The molecule has 1 saturated heterocycles. The Kier molecular flexibility index (Phi) is 7.30. The van der Waals surface area contributed by atoms with Gasteiger partial charge in [-0.25, -0.2) is 0 Å². The Bertz CT molecular complexity index is 843. The number of carbonyl (C=O) groups is 1. The van der Waals surface area contributed by atoms with Crippen LogP contribution in [0.15, 0.2) is 6.07 Å². The van der Waals surface area contributed by atoms with Crippen LogP contribution in [0.2, 0.25) is 0 Å². The van der Waals surface area contributed by atoms with Crippen LogP contribution < -0.4 is 10.6 Å². The number of alkyl halides is 3. The number of nitrogens with one attached hydrogen (secondary N) is 3. The number of hydrogen-bond acceptors (Lipinski definition) is 5. The molecule has 1 amide bonds. The molecule has 0 saturated carbocycles. The van der Waals surface area contributed by atoms with E-state index in [0.29, 0.717) is 18.8 Å². The Morgan fingerprint density at radius 2 is 1.97 bits per heavy atom. The third-order valence-corrected chi connectivity index (χ3v) is 5.01. The summed E-state index contributed by atoms with van der Waals surface area (Å²) in [5.41, 5.74) is 3.08. The van der Waals surface area contributed by atoms with Crippen LogP contribution in [-0.4, -0.2) is 75.7 Å². The molecule has 2 aromatic heterocycles. The number of piperazine rings is 1. The minimum Gasteiger partial charge on any atom is -0.349 e. The van der Waals surface area contributed by atoms with Gasteiger partial charge in [0.05, 0.1) is 11.4 Å². The van der Waals surface area contributed by atoms with Crippen LogP contribution >= 0.6 is 12.4 Å².